The number of hydrogen-bond acceptors (Lipinski definition) is 3. The molecule has 0 saturated carbocycles. The van der Waals surface area contributed by atoms with Gasteiger partial charge in [0.25, 0.3) is 11.7 Å². The minimum Gasteiger partial charge on any atom is -0.386 e. The van der Waals surface area contributed by atoms with Crippen LogP contribution in [0.25, 0.3) is 0 Å². The third-order valence-corrected chi connectivity index (χ3v) is 1.66. The topological polar surface area (TPSA) is 58.2 Å². The molecule has 0 bridgehead atoms. The van der Waals surface area contributed by atoms with E-state index in [4.69, 9.17) is 0 Å². The average molecular weight is 150 g/mol. The molecule has 0 spiro atoms. The third-order valence-electron chi connectivity index (χ3n) is 1.66. The Morgan fingerprint density at radius 1 is 1.36 bits per heavy atom. The molecule has 11 heavy (non-hydrogen) atoms. The van der Waals surface area contributed by atoms with Crippen molar-refractivity contribution in [1.82, 2.24) is 10.6 Å². The van der Waals surface area contributed by atoms with E-state index in [0.29, 0.717) is 17.8 Å². The van der Waals surface area contributed by atoms with E-state index >= 15 is 0 Å². The molecule has 56 valence electrons. The number of allylic oxidation sites excluding steroid dienone is 1. The van der Waals surface area contributed by atoms with E-state index < -0.39 is 11.7 Å². The zero-order valence-electron chi connectivity index (χ0n) is 5.68. The van der Waals surface area contributed by atoms with Crippen molar-refractivity contribution in [3.05, 3.63) is 23.5 Å². The Balaban J connectivity index is 2.46. The molecule has 2 aliphatic heterocycles. The summed E-state index contributed by atoms with van der Waals surface area (Å²) in [7, 11) is 0. The molecular weight excluding hydrogens is 144 g/mol. The van der Waals surface area contributed by atoms with Crippen molar-refractivity contribution in [1.29, 1.82) is 0 Å². The van der Waals surface area contributed by atoms with Crippen LogP contribution in [0.3, 0.4) is 0 Å². The van der Waals surface area contributed by atoms with Gasteiger partial charge in [-0.2, -0.15) is 0 Å². The first-order valence-electron chi connectivity index (χ1n) is 3.29. The van der Waals surface area contributed by atoms with E-state index in [1.54, 1.807) is 12.3 Å². The van der Waals surface area contributed by atoms with Gasteiger partial charge in [0.15, 0.2) is 0 Å². The van der Waals surface area contributed by atoms with Crippen molar-refractivity contribution in [3.8, 4) is 0 Å². The SMILES string of the molecule is O=C1NC2=CNCC=C2C1=O. The molecule has 0 aromatic carbocycles. The summed E-state index contributed by atoms with van der Waals surface area (Å²) in [5.41, 5.74) is 1.08. The predicted molar refractivity (Wildman–Crippen MR) is 37.3 cm³/mol. The van der Waals surface area contributed by atoms with Crippen molar-refractivity contribution in [2.45, 2.75) is 0 Å². The van der Waals surface area contributed by atoms with Gasteiger partial charge in [0.2, 0.25) is 0 Å². The number of dihydropyridines is 1. The molecule has 2 N–H and O–H groups in total. The van der Waals surface area contributed by atoms with Crippen LogP contribution in [-0.2, 0) is 9.59 Å². The molecule has 0 aromatic heterocycles. The highest BCUT2D eigenvalue weighted by Crippen LogP contribution is 2.16. The summed E-state index contributed by atoms with van der Waals surface area (Å²) in [5.74, 6) is -0.969. The lowest BCUT2D eigenvalue weighted by Gasteiger charge is -2.05. The van der Waals surface area contributed by atoms with Crippen LogP contribution in [0.5, 0.6) is 0 Å². The maximum atomic E-state index is 11.0. The molecule has 0 radical (unpaired) electrons. The van der Waals surface area contributed by atoms with Gasteiger partial charge in [0.05, 0.1) is 11.3 Å². The molecule has 4 heteroatoms. The fraction of sp³-hybridized carbons (Fsp3) is 0.143. The first kappa shape index (κ1) is 6.15. The Bertz CT molecular complexity index is 302. The molecule has 1 fully saturated rings. The van der Waals surface area contributed by atoms with E-state index in [0.717, 1.165) is 0 Å². The minimum absolute atomic E-state index is 0.433. The Hall–Kier alpha value is -1.58. The van der Waals surface area contributed by atoms with Gasteiger partial charge in [0.1, 0.15) is 0 Å². The number of rotatable bonds is 0. The van der Waals surface area contributed by atoms with E-state index in [-0.39, 0.29) is 0 Å². The van der Waals surface area contributed by atoms with Gasteiger partial charge in [-0.15, -0.1) is 0 Å². The summed E-state index contributed by atoms with van der Waals surface area (Å²) in [4.78, 5) is 21.8. The van der Waals surface area contributed by atoms with Gasteiger partial charge < -0.3 is 10.6 Å². The number of Topliss-reactive ketones (excluding diaryl/α,β-unsaturated/α-hetero) is 1. The van der Waals surface area contributed by atoms with Crippen LogP contribution in [0.15, 0.2) is 23.5 Å². The van der Waals surface area contributed by atoms with Gasteiger partial charge in [0, 0.05) is 12.7 Å². The number of hydrogen-bond donors (Lipinski definition) is 2. The number of carbonyl (C=O) groups excluding carboxylic acids is 2. The quantitative estimate of drug-likeness (QED) is 0.438. The number of ketones is 1. The number of amides is 1. The van der Waals surface area contributed by atoms with E-state index in [2.05, 4.69) is 10.6 Å². The minimum atomic E-state index is -0.536. The molecule has 0 aromatic rings. The van der Waals surface area contributed by atoms with E-state index in [1.807, 2.05) is 0 Å². The normalized spacial score (nSPS) is 21.5. The fourth-order valence-electron chi connectivity index (χ4n) is 1.13. The summed E-state index contributed by atoms with van der Waals surface area (Å²) in [6.07, 6.45) is 3.34. The lowest BCUT2D eigenvalue weighted by atomic mass is 10.1. The summed E-state index contributed by atoms with van der Waals surface area (Å²) in [6.45, 7) is 0.611. The average Bonchev–Trinajstić information content (AvgIpc) is 2.30. The predicted octanol–water partition coefficient (Wildman–Crippen LogP) is -0.944. The molecule has 2 rings (SSSR count). The largest absolute Gasteiger partial charge is 0.386 e. The molecule has 0 aliphatic carbocycles. The van der Waals surface area contributed by atoms with Crippen molar-refractivity contribution in [2.75, 3.05) is 6.54 Å². The molecule has 0 atom stereocenters. The first-order chi connectivity index (χ1) is 5.29. The van der Waals surface area contributed by atoms with Gasteiger partial charge in [-0.25, -0.2) is 0 Å². The first-order valence-corrected chi connectivity index (χ1v) is 3.29. The van der Waals surface area contributed by atoms with Gasteiger partial charge in [-0.3, -0.25) is 9.59 Å². The Labute approximate surface area is 63.0 Å². The highest BCUT2D eigenvalue weighted by Gasteiger charge is 2.31. The molecule has 2 aliphatic rings. The van der Waals surface area contributed by atoms with Crippen LogP contribution in [0.4, 0.5) is 0 Å². The Kier molecular flexibility index (Phi) is 1.09. The number of nitrogens with one attached hydrogen (secondary N) is 2. The molecule has 0 unspecified atom stereocenters. The lowest BCUT2D eigenvalue weighted by Crippen LogP contribution is -2.18. The molecule has 2 heterocycles. The highest BCUT2D eigenvalue weighted by atomic mass is 16.2. The standard InChI is InChI=1S/C7H6N2O2/c10-6-4-1-2-8-3-5(4)9-7(6)11/h1,3,8H,2H2,(H,9,11). The third kappa shape index (κ3) is 0.756. The van der Waals surface area contributed by atoms with Crippen LogP contribution in [-0.4, -0.2) is 18.2 Å². The summed E-state index contributed by atoms with van der Waals surface area (Å²) < 4.78 is 0. The number of carbonyl (C=O) groups is 2. The second kappa shape index (κ2) is 1.95. The van der Waals surface area contributed by atoms with Crippen LogP contribution in [0, 0.1) is 0 Å². The van der Waals surface area contributed by atoms with Gasteiger partial charge in [-0.1, -0.05) is 6.08 Å². The van der Waals surface area contributed by atoms with Crippen LogP contribution in [0.1, 0.15) is 0 Å². The monoisotopic (exact) mass is 150 g/mol. The number of fused-ring (bicyclic) bond motifs is 1. The molecule has 4 nitrogen and oxygen atoms in total. The van der Waals surface area contributed by atoms with Gasteiger partial charge >= 0.3 is 0 Å². The maximum absolute atomic E-state index is 11.0. The summed E-state index contributed by atoms with van der Waals surface area (Å²) in [6, 6.07) is 0. The molecule has 1 amide bonds. The van der Waals surface area contributed by atoms with E-state index in [9.17, 15) is 9.59 Å². The second-order valence-electron chi connectivity index (χ2n) is 2.37. The Morgan fingerprint density at radius 2 is 2.18 bits per heavy atom. The van der Waals surface area contributed by atoms with Crippen molar-refractivity contribution in [2.24, 2.45) is 0 Å². The fourth-order valence-corrected chi connectivity index (χ4v) is 1.13. The molecular formula is C7H6N2O2. The summed E-state index contributed by atoms with van der Waals surface area (Å²) in [5, 5.41) is 5.34. The van der Waals surface area contributed by atoms with Gasteiger partial charge in [-0.05, 0) is 0 Å². The second-order valence-corrected chi connectivity index (χ2v) is 2.37. The lowest BCUT2D eigenvalue weighted by molar-refractivity contribution is -0.133. The van der Waals surface area contributed by atoms with Crippen molar-refractivity contribution >= 4 is 11.7 Å². The molecule has 1 saturated heterocycles. The van der Waals surface area contributed by atoms with Crippen molar-refractivity contribution in [3.63, 3.8) is 0 Å². The Morgan fingerprint density at radius 3 is 2.91 bits per heavy atom. The van der Waals surface area contributed by atoms with Crippen LogP contribution in [0.2, 0.25) is 0 Å². The van der Waals surface area contributed by atoms with Crippen molar-refractivity contribution < 1.29 is 9.59 Å². The zero-order valence-corrected chi connectivity index (χ0v) is 5.68. The maximum Gasteiger partial charge on any atom is 0.296 e. The summed E-state index contributed by atoms with van der Waals surface area (Å²) >= 11 is 0. The smallest absolute Gasteiger partial charge is 0.296 e. The van der Waals surface area contributed by atoms with E-state index in [1.165, 1.54) is 0 Å². The highest BCUT2D eigenvalue weighted by molar-refractivity contribution is 6.47. The van der Waals surface area contributed by atoms with Crippen LogP contribution < -0.4 is 10.6 Å². The van der Waals surface area contributed by atoms with Crippen LogP contribution >= 0.6 is 0 Å². The zero-order chi connectivity index (χ0) is 7.84.